The molecule has 30 heavy (non-hydrogen) atoms. The Hall–Kier alpha value is -3.33. The zero-order chi connectivity index (χ0) is 21.5. The maximum Gasteiger partial charge on any atom is 0.436 e. The highest BCUT2D eigenvalue weighted by molar-refractivity contribution is 6.34. The molecule has 2 heterocycles. The Labute approximate surface area is 173 Å². The topological polar surface area (TPSA) is 64.7 Å². The summed E-state index contributed by atoms with van der Waals surface area (Å²) in [6.45, 7) is 0.460. The summed E-state index contributed by atoms with van der Waals surface area (Å²) in [7, 11) is 1.22. The van der Waals surface area contributed by atoms with Crippen LogP contribution in [-0.2, 0) is 19.8 Å². The zero-order valence-corrected chi connectivity index (χ0v) is 16.4. The fourth-order valence-electron chi connectivity index (χ4n) is 3.22. The van der Waals surface area contributed by atoms with Gasteiger partial charge in [-0.05, 0) is 16.3 Å². The van der Waals surface area contributed by atoms with Gasteiger partial charge in [0.1, 0.15) is 10.7 Å². The van der Waals surface area contributed by atoms with E-state index in [0.717, 1.165) is 21.0 Å². The van der Waals surface area contributed by atoms with Crippen molar-refractivity contribution in [3.8, 4) is 0 Å². The number of rotatable bonds is 4. The van der Waals surface area contributed by atoms with E-state index in [2.05, 4.69) is 15.5 Å². The van der Waals surface area contributed by atoms with Crippen LogP contribution in [0.1, 0.15) is 21.7 Å². The van der Waals surface area contributed by atoms with Gasteiger partial charge in [0.15, 0.2) is 11.5 Å². The first-order chi connectivity index (χ1) is 14.2. The molecule has 1 N–H and O–H groups in total. The summed E-state index contributed by atoms with van der Waals surface area (Å²) in [5, 5.41) is 11.5. The molecule has 0 radical (unpaired) electrons. The summed E-state index contributed by atoms with van der Waals surface area (Å²) in [5.41, 5.74) is -0.663. The largest absolute Gasteiger partial charge is 0.436 e. The number of anilines is 1. The molecule has 1 amide bonds. The average molecular weight is 434 g/mol. The Bertz CT molecular complexity index is 1240. The molecule has 2 aromatic heterocycles. The van der Waals surface area contributed by atoms with E-state index in [-0.39, 0.29) is 5.82 Å². The molecule has 0 fully saturated rings. The number of halogens is 4. The smallest absolute Gasteiger partial charge is 0.304 e. The van der Waals surface area contributed by atoms with E-state index >= 15 is 0 Å². The van der Waals surface area contributed by atoms with E-state index in [1.54, 1.807) is 16.9 Å². The molecule has 0 aliphatic heterocycles. The highest BCUT2D eigenvalue weighted by Crippen LogP contribution is 2.35. The Morgan fingerprint density at radius 2 is 1.83 bits per heavy atom. The first-order valence-corrected chi connectivity index (χ1v) is 9.23. The second-order valence-electron chi connectivity index (χ2n) is 6.62. The van der Waals surface area contributed by atoms with Crippen molar-refractivity contribution in [2.24, 2.45) is 7.05 Å². The minimum absolute atomic E-state index is 0.186. The molecule has 154 valence electrons. The Morgan fingerprint density at radius 1 is 1.10 bits per heavy atom. The number of alkyl halides is 3. The van der Waals surface area contributed by atoms with Gasteiger partial charge in [0.2, 0.25) is 0 Å². The molecule has 4 rings (SSSR count). The van der Waals surface area contributed by atoms with Gasteiger partial charge >= 0.3 is 6.18 Å². The van der Waals surface area contributed by atoms with E-state index in [1.165, 1.54) is 7.05 Å². The third-order valence-electron chi connectivity index (χ3n) is 4.57. The van der Waals surface area contributed by atoms with Crippen molar-refractivity contribution < 1.29 is 18.0 Å². The van der Waals surface area contributed by atoms with Crippen LogP contribution in [0.2, 0.25) is 5.02 Å². The molecule has 0 atom stereocenters. The lowest BCUT2D eigenvalue weighted by Gasteiger charge is -2.07. The Balaban J connectivity index is 1.54. The third-order valence-corrected chi connectivity index (χ3v) is 4.93. The number of nitrogens with zero attached hydrogens (tertiary/aromatic N) is 4. The number of aryl methyl sites for hydroxylation is 1. The van der Waals surface area contributed by atoms with Crippen LogP contribution in [0.5, 0.6) is 0 Å². The van der Waals surface area contributed by atoms with Gasteiger partial charge in [0.05, 0.1) is 6.54 Å². The summed E-state index contributed by atoms with van der Waals surface area (Å²) in [5.74, 6) is -0.646. The second kappa shape index (κ2) is 7.49. The third kappa shape index (κ3) is 3.76. The summed E-state index contributed by atoms with van der Waals surface area (Å²) in [6, 6.07) is 15.4. The van der Waals surface area contributed by atoms with Crippen molar-refractivity contribution in [1.82, 2.24) is 19.6 Å². The second-order valence-corrected chi connectivity index (χ2v) is 7.00. The number of carbonyl (C=O) groups excluding carboxylic acids is 1. The van der Waals surface area contributed by atoms with Gasteiger partial charge in [-0.15, -0.1) is 0 Å². The molecule has 0 aliphatic rings. The van der Waals surface area contributed by atoms with E-state index in [1.807, 2.05) is 42.5 Å². The van der Waals surface area contributed by atoms with E-state index < -0.39 is 28.5 Å². The van der Waals surface area contributed by atoms with Crippen molar-refractivity contribution in [1.29, 1.82) is 0 Å². The lowest BCUT2D eigenvalue weighted by molar-refractivity contribution is -0.141. The molecule has 2 aromatic carbocycles. The SMILES string of the molecule is Cn1nc(C(F)(F)F)c(Cl)c1C(=O)Nc1ccn(Cc2cccc3ccccc23)n1. The predicted octanol–water partition coefficient (Wildman–Crippen LogP) is 4.74. The van der Waals surface area contributed by atoms with Crippen LogP contribution in [0.3, 0.4) is 0 Å². The van der Waals surface area contributed by atoms with Crippen molar-refractivity contribution >= 4 is 34.1 Å². The summed E-state index contributed by atoms with van der Waals surface area (Å²) in [6.07, 6.45) is -3.09. The molecule has 10 heteroatoms. The minimum Gasteiger partial charge on any atom is -0.304 e. The quantitative estimate of drug-likeness (QED) is 0.505. The first kappa shape index (κ1) is 20.0. The van der Waals surface area contributed by atoms with Gasteiger partial charge in [-0.3, -0.25) is 14.2 Å². The molecule has 0 spiro atoms. The van der Waals surface area contributed by atoms with Gasteiger partial charge in [-0.1, -0.05) is 54.1 Å². The number of nitrogens with one attached hydrogen (secondary N) is 1. The summed E-state index contributed by atoms with van der Waals surface area (Å²) in [4.78, 5) is 12.5. The van der Waals surface area contributed by atoms with Crippen LogP contribution in [0, 0.1) is 0 Å². The first-order valence-electron chi connectivity index (χ1n) is 8.85. The molecule has 0 aliphatic carbocycles. The lowest BCUT2D eigenvalue weighted by atomic mass is 10.0. The maximum atomic E-state index is 12.9. The molecule has 4 aromatic rings. The monoisotopic (exact) mass is 433 g/mol. The van der Waals surface area contributed by atoms with Gasteiger partial charge < -0.3 is 5.32 Å². The Morgan fingerprint density at radius 3 is 2.57 bits per heavy atom. The van der Waals surface area contributed by atoms with Crippen molar-refractivity contribution in [2.45, 2.75) is 12.7 Å². The highest BCUT2D eigenvalue weighted by atomic mass is 35.5. The molecular formula is C20H15ClF3N5O. The van der Waals surface area contributed by atoms with E-state index in [4.69, 9.17) is 11.6 Å². The van der Waals surface area contributed by atoms with E-state index in [0.29, 0.717) is 6.54 Å². The average Bonchev–Trinajstić information content (AvgIpc) is 3.25. The number of hydrogen-bond donors (Lipinski definition) is 1. The minimum atomic E-state index is -4.76. The van der Waals surface area contributed by atoms with Gasteiger partial charge in [0, 0.05) is 19.3 Å². The molecule has 0 unspecified atom stereocenters. The number of benzene rings is 2. The zero-order valence-electron chi connectivity index (χ0n) is 15.6. The molecule has 0 saturated carbocycles. The predicted molar refractivity (Wildman–Crippen MR) is 106 cm³/mol. The number of carbonyl (C=O) groups is 1. The molecule has 0 bridgehead atoms. The normalized spacial score (nSPS) is 11.8. The lowest BCUT2D eigenvalue weighted by Crippen LogP contribution is -2.17. The standard InChI is InChI=1S/C20H15ClF3N5O/c1-28-17(16(21)18(27-28)20(22,23)24)19(30)25-15-9-10-29(26-15)11-13-7-4-6-12-5-2-3-8-14(12)13/h2-10H,11H2,1H3,(H,25,26,30). The fraction of sp³-hybridized carbons (Fsp3) is 0.150. The van der Waals surface area contributed by atoms with Crippen molar-refractivity contribution in [2.75, 3.05) is 5.32 Å². The fourth-order valence-corrected chi connectivity index (χ4v) is 3.58. The maximum absolute atomic E-state index is 12.9. The van der Waals surface area contributed by atoms with Gasteiger partial charge in [0.25, 0.3) is 5.91 Å². The molecule has 6 nitrogen and oxygen atoms in total. The van der Waals surface area contributed by atoms with Crippen molar-refractivity contribution in [3.05, 3.63) is 76.7 Å². The highest BCUT2D eigenvalue weighted by Gasteiger charge is 2.39. The molecule has 0 saturated heterocycles. The van der Waals surface area contributed by atoms with Gasteiger partial charge in [-0.2, -0.15) is 23.4 Å². The van der Waals surface area contributed by atoms with Crippen LogP contribution in [0.4, 0.5) is 19.0 Å². The number of hydrogen-bond acceptors (Lipinski definition) is 3. The van der Waals surface area contributed by atoms with E-state index in [9.17, 15) is 18.0 Å². The molecular weight excluding hydrogens is 419 g/mol. The number of aromatic nitrogens is 4. The van der Waals surface area contributed by atoms with Crippen LogP contribution >= 0.6 is 11.6 Å². The van der Waals surface area contributed by atoms with Crippen LogP contribution in [0.15, 0.2) is 54.7 Å². The number of fused-ring (bicyclic) bond motifs is 1. The van der Waals surface area contributed by atoms with Gasteiger partial charge in [-0.25, -0.2) is 0 Å². The Kier molecular flexibility index (Phi) is 4.98. The number of amides is 1. The summed E-state index contributed by atoms with van der Waals surface area (Å²) < 4.78 is 41.3. The van der Waals surface area contributed by atoms with Crippen LogP contribution in [-0.4, -0.2) is 25.5 Å². The van der Waals surface area contributed by atoms with Crippen LogP contribution < -0.4 is 5.32 Å². The van der Waals surface area contributed by atoms with Crippen molar-refractivity contribution in [3.63, 3.8) is 0 Å². The summed E-state index contributed by atoms with van der Waals surface area (Å²) >= 11 is 5.75. The van der Waals surface area contributed by atoms with Crippen LogP contribution in [0.25, 0.3) is 10.8 Å².